The van der Waals surface area contributed by atoms with Gasteiger partial charge in [0.25, 0.3) is 0 Å². The molecular formula is C15H21N3O2S3. The van der Waals surface area contributed by atoms with Crippen LogP contribution in [0.2, 0.25) is 0 Å². The molecule has 126 valence electrons. The maximum atomic E-state index is 12.4. The Labute approximate surface area is 145 Å². The van der Waals surface area contributed by atoms with Gasteiger partial charge in [-0.15, -0.1) is 11.3 Å². The molecule has 0 bridgehead atoms. The molecule has 0 saturated carbocycles. The van der Waals surface area contributed by atoms with Gasteiger partial charge in [-0.3, -0.25) is 4.90 Å². The first-order chi connectivity index (χ1) is 11.1. The summed E-state index contributed by atoms with van der Waals surface area (Å²) in [6.45, 7) is 4.34. The van der Waals surface area contributed by atoms with Crippen molar-refractivity contribution in [2.24, 2.45) is 0 Å². The van der Waals surface area contributed by atoms with Gasteiger partial charge < -0.3 is 4.90 Å². The van der Waals surface area contributed by atoms with E-state index in [1.165, 1.54) is 16.9 Å². The maximum absolute atomic E-state index is 12.4. The van der Waals surface area contributed by atoms with Crippen LogP contribution in [0.5, 0.6) is 0 Å². The molecule has 1 fully saturated rings. The molecule has 2 aromatic heterocycles. The van der Waals surface area contributed by atoms with Crippen LogP contribution in [0.1, 0.15) is 11.6 Å². The third-order valence-corrected chi connectivity index (χ3v) is 7.66. The highest BCUT2D eigenvalue weighted by atomic mass is 32.2. The lowest BCUT2D eigenvalue weighted by Crippen LogP contribution is -2.48. The number of hydrogen-bond donors (Lipinski definition) is 1. The summed E-state index contributed by atoms with van der Waals surface area (Å²) in [5.41, 5.74) is 1.19. The first-order valence-electron chi connectivity index (χ1n) is 7.54. The Balaban J connectivity index is 1.72. The fourth-order valence-electron chi connectivity index (χ4n) is 2.73. The molecule has 0 aromatic carbocycles. The fraction of sp³-hybridized carbons (Fsp3) is 0.467. The average Bonchev–Trinajstić information content (AvgIpc) is 3.23. The zero-order chi connectivity index (χ0) is 16.3. The third-order valence-electron chi connectivity index (χ3n) is 4.13. The summed E-state index contributed by atoms with van der Waals surface area (Å²) in [5, 5.41) is 5.94. The number of nitrogens with zero attached hydrogens (tertiary/aromatic N) is 2. The van der Waals surface area contributed by atoms with E-state index in [0.717, 1.165) is 26.2 Å². The predicted molar refractivity (Wildman–Crippen MR) is 95.6 cm³/mol. The van der Waals surface area contributed by atoms with Gasteiger partial charge in [-0.2, -0.15) is 11.3 Å². The number of piperazine rings is 1. The quantitative estimate of drug-likeness (QED) is 0.845. The Morgan fingerprint density at radius 3 is 2.61 bits per heavy atom. The molecule has 5 nitrogen and oxygen atoms in total. The summed E-state index contributed by atoms with van der Waals surface area (Å²) in [5.74, 6) is 0. The summed E-state index contributed by atoms with van der Waals surface area (Å²) in [7, 11) is -1.30. The predicted octanol–water partition coefficient (Wildman–Crippen LogP) is 2.08. The smallest absolute Gasteiger partial charge is 0.250 e. The summed E-state index contributed by atoms with van der Waals surface area (Å²) >= 11 is 2.90. The van der Waals surface area contributed by atoms with E-state index in [2.05, 4.69) is 33.0 Å². The largest absolute Gasteiger partial charge is 0.304 e. The van der Waals surface area contributed by atoms with Crippen molar-refractivity contribution in [3.63, 3.8) is 0 Å². The molecule has 8 heteroatoms. The van der Waals surface area contributed by atoms with Crippen molar-refractivity contribution in [1.29, 1.82) is 0 Å². The van der Waals surface area contributed by atoms with Gasteiger partial charge in [0.15, 0.2) is 0 Å². The molecule has 0 amide bonds. The zero-order valence-corrected chi connectivity index (χ0v) is 15.5. The van der Waals surface area contributed by atoms with Crippen LogP contribution in [0.25, 0.3) is 0 Å². The lowest BCUT2D eigenvalue weighted by molar-refractivity contribution is 0.113. The number of hydrogen-bond acceptors (Lipinski definition) is 6. The summed E-state index contributed by atoms with van der Waals surface area (Å²) < 4.78 is 27.9. The molecule has 23 heavy (non-hydrogen) atoms. The van der Waals surface area contributed by atoms with Gasteiger partial charge in [0.1, 0.15) is 4.21 Å². The van der Waals surface area contributed by atoms with Crippen LogP contribution >= 0.6 is 22.7 Å². The summed E-state index contributed by atoms with van der Waals surface area (Å²) in [6, 6.07) is 5.58. The first-order valence-corrected chi connectivity index (χ1v) is 10.8. The molecule has 1 aliphatic heterocycles. The number of nitrogens with one attached hydrogen (secondary N) is 1. The van der Waals surface area contributed by atoms with Crippen LogP contribution in [-0.2, 0) is 10.0 Å². The fourth-order valence-corrected chi connectivity index (χ4v) is 5.52. The van der Waals surface area contributed by atoms with E-state index in [1.807, 2.05) is 5.38 Å². The molecule has 1 N–H and O–H groups in total. The molecule has 2 aromatic rings. The van der Waals surface area contributed by atoms with Crippen molar-refractivity contribution >= 4 is 32.7 Å². The number of likely N-dealkylation sites (N-methyl/N-ethyl adjacent to an activating group) is 1. The Morgan fingerprint density at radius 1 is 1.22 bits per heavy atom. The van der Waals surface area contributed by atoms with Crippen molar-refractivity contribution in [3.05, 3.63) is 39.9 Å². The van der Waals surface area contributed by atoms with Gasteiger partial charge >= 0.3 is 0 Å². The molecule has 1 saturated heterocycles. The number of thiophene rings is 2. The van der Waals surface area contributed by atoms with Crippen molar-refractivity contribution in [3.8, 4) is 0 Å². The minimum absolute atomic E-state index is 0.0877. The van der Waals surface area contributed by atoms with Gasteiger partial charge in [-0.1, -0.05) is 6.07 Å². The van der Waals surface area contributed by atoms with E-state index in [-0.39, 0.29) is 6.04 Å². The highest BCUT2D eigenvalue weighted by Gasteiger charge is 2.26. The SMILES string of the molecule is CN1CCN(C(CNS(=O)(=O)c2cccs2)c2ccsc2)CC1. The third kappa shape index (κ3) is 4.20. The second-order valence-electron chi connectivity index (χ2n) is 5.70. The number of rotatable bonds is 6. The van der Waals surface area contributed by atoms with Crippen molar-refractivity contribution < 1.29 is 8.42 Å². The summed E-state index contributed by atoms with van der Waals surface area (Å²) in [4.78, 5) is 4.68. The lowest BCUT2D eigenvalue weighted by Gasteiger charge is -2.37. The van der Waals surface area contributed by atoms with Gasteiger partial charge in [0.2, 0.25) is 10.0 Å². The van der Waals surface area contributed by atoms with E-state index >= 15 is 0 Å². The van der Waals surface area contributed by atoms with E-state index in [0.29, 0.717) is 10.8 Å². The Bertz CT molecular complexity index is 690. The second kappa shape index (κ2) is 7.42. The molecule has 0 radical (unpaired) electrons. The minimum atomic E-state index is -3.42. The van der Waals surface area contributed by atoms with Crippen molar-refractivity contribution in [1.82, 2.24) is 14.5 Å². The Hall–Kier alpha value is -0.770. The normalized spacial score (nSPS) is 19.0. The van der Waals surface area contributed by atoms with Crippen LogP contribution in [-0.4, -0.2) is 58.0 Å². The van der Waals surface area contributed by atoms with Crippen molar-refractivity contribution in [2.75, 3.05) is 39.8 Å². The molecule has 1 atom stereocenters. The van der Waals surface area contributed by atoms with E-state index in [1.54, 1.807) is 28.8 Å². The Morgan fingerprint density at radius 2 is 2.00 bits per heavy atom. The molecule has 1 aliphatic rings. The summed E-state index contributed by atoms with van der Waals surface area (Å²) in [6.07, 6.45) is 0. The molecule has 3 rings (SSSR count). The highest BCUT2D eigenvalue weighted by Crippen LogP contribution is 2.25. The van der Waals surface area contributed by atoms with Gasteiger partial charge in [-0.25, -0.2) is 13.1 Å². The highest BCUT2D eigenvalue weighted by molar-refractivity contribution is 7.91. The zero-order valence-electron chi connectivity index (χ0n) is 13.0. The minimum Gasteiger partial charge on any atom is -0.304 e. The second-order valence-corrected chi connectivity index (χ2v) is 9.42. The van der Waals surface area contributed by atoms with E-state index in [4.69, 9.17) is 0 Å². The Kier molecular flexibility index (Phi) is 5.50. The van der Waals surface area contributed by atoms with E-state index < -0.39 is 10.0 Å². The molecule has 1 unspecified atom stereocenters. The van der Waals surface area contributed by atoms with Crippen LogP contribution in [0.3, 0.4) is 0 Å². The first kappa shape index (κ1) is 17.1. The standard InChI is InChI=1S/C15H21N3O2S3/c1-17-5-7-18(8-6-17)14(13-4-10-21-12-13)11-16-23(19,20)15-3-2-9-22-15/h2-4,9-10,12,14,16H,5-8,11H2,1H3. The van der Waals surface area contributed by atoms with Gasteiger partial charge in [0, 0.05) is 38.8 Å². The average molecular weight is 372 g/mol. The van der Waals surface area contributed by atoms with Crippen LogP contribution in [0, 0.1) is 0 Å². The lowest BCUT2D eigenvalue weighted by atomic mass is 10.1. The van der Waals surface area contributed by atoms with Crippen LogP contribution in [0.15, 0.2) is 38.5 Å². The maximum Gasteiger partial charge on any atom is 0.250 e. The van der Waals surface area contributed by atoms with Gasteiger partial charge in [-0.05, 0) is 40.9 Å². The molecule has 0 aliphatic carbocycles. The van der Waals surface area contributed by atoms with Gasteiger partial charge in [0.05, 0.1) is 0 Å². The molecule has 0 spiro atoms. The van der Waals surface area contributed by atoms with Crippen LogP contribution < -0.4 is 4.72 Å². The topological polar surface area (TPSA) is 52.6 Å². The molecular weight excluding hydrogens is 350 g/mol. The number of sulfonamides is 1. The monoisotopic (exact) mass is 371 g/mol. The van der Waals surface area contributed by atoms with E-state index in [9.17, 15) is 8.42 Å². The van der Waals surface area contributed by atoms with Crippen molar-refractivity contribution in [2.45, 2.75) is 10.3 Å². The molecule has 3 heterocycles. The van der Waals surface area contributed by atoms with Crippen LogP contribution in [0.4, 0.5) is 0 Å².